The van der Waals surface area contributed by atoms with Gasteiger partial charge in [-0.05, 0) is 85.7 Å². The molecule has 6 heteroatoms. The molecule has 2 aliphatic rings. The molecule has 0 bridgehead atoms. The van der Waals surface area contributed by atoms with Crippen molar-refractivity contribution in [2.45, 2.75) is 103 Å². The summed E-state index contributed by atoms with van der Waals surface area (Å²) in [5.74, 6) is 0. The Kier molecular flexibility index (Phi) is 14.6. The second kappa shape index (κ2) is 17.6. The van der Waals surface area contributed by atoms with E-state index in [0.717, 1.165) is 67.7 Å². The third-order valence-corrected chi connectivity index (χ3v) is 11.9. The van der Waals surface area contributed by atoms with Gasteiger partial charge in [-0.25, -0.2) is 0 Å². The highest BCUT2D eigenvalue weighted by Gasteiger charge is 2.21. The van der Waals surface area contributed by atoms with Gasteiger partial charge in [-0.3, -0.25) is 0 Å². The molecule has 0 N–H and O–H groups in total. The van der Waals surface area contributed by atoms with Gasteiger partial charge in [-0.15, -0.1) is 0 Å². The van der Waals surface area contributed by atoms with Crippen molar-refractivity contribution in [3.05, 3.63) is 64.1 Å². The molecule has 4 rings (SSSR count). The molecule has 2 aromatic rings. The molecule has 0 amide bonds. The first-order chi connectivity index (χ1) is 18.4. The molecule has 0 aliphatic carbocycles. The Morgan fingerprint density at radius 3 is 1.55 bits per heavy atom. The lowest BCUT2D eigenvalue weighted by Crippen LogP contribution is -2.35. The van der Waals surface area contributed by atoms with Gasteiger partial charge in [0.15, 0.2) is 12.6 Å². The van der Waals surface area contributed by atoms with Crippen molar-refractivity contribution >= 4 is 29.9 Å². The highest BCUT2D eigenvalue weighted by molar-refractivity contribution is 9.10. The molecule has 212 valence electrons. The maximum Gasteiger partial charge on any atom is 0.157 e. The molecular weight excluding hydrogens is 556 g/mol. The fourth-order valence-electron chi connectivity index (χ4n) is 5.40. The van der Waals surface area contributed by atoms with Crippen molar-refractivity contribution in [2.75, 3.05) is 26.4 Å². The van der Waals surface area contributed by atoms with Crippen molar-refractivity contribution < 1.29 is 18.9 Å². The van der Waals surface area contributed by atoms with E-state index in [4.69, 9.17) is 18.9 Å². The molecule has 0 radical (unpaired) electrons. The molecule has 2 heterocycles. The fourth-order valence-corrected chi connectivity index (χ4v) is 9.38. The van der Waals surface area contributed by atoms with Gasteiger partial charge in [0.1, 0.15) is 0 Å². The predicted molar refractivity (Wildman–Crippen MR) is 164 cm³/mol. The van der Waals surface area contributed by atoms with Crippen LogP contribution in [0, 0.1) is 0 Å². The number of benzene rings is 2. The zero-order chi connectivity index (χ0) is 27.2. The smallest absolute Gasteiger partial charge is 0.157 e. The van der Waals surface area contributed by atoms with Crippen LogP contribution in [0.1, 0.15) is 77.3 Å². The molecule has 2 unspecified atom stereocenters. The topological polar surface area (TPSA) is 36.9 Å². The second-order valence-electron chi connectivity index (χ2n) is 11.2. The first kappa shape index (κ1) is 31.5. The molecule has 4 nitrogen and oxygen atoms in total. The zero-order valence-electron chi connectivity index (χ0n) is 24.0. The molecule has 0 aromatic heterocycles. The van der Waals surface area contributed by atoms with E-state index in [-0.39, 0.29) is 12.6 Å². The van der Waals surface area contributed by atoms with Crippen LogP contribution in [-0.4, -0.2) is 47.8 Å². The average molecular weight is 606 g/mol. The Balaban J connectivity index is 0.000000221. The summed E-state index contributed by atoms with van der Waals surface area (Å²) in [6, 6.07) is 17.7. The summed E-state index contributed by atoms with van der Waals surface area (Å²) in [5.41, 5.74) is 4.31. The Labute approximate surface area is 241 Å². The largest absolute Gasteiger partial charge is 0.353 e. The van der Waals surface area contributed by atoms with Crippen LogP contribution >= 0.6 is 15.9 Å². The molecule has 38 heavy (non-hydrogen) atoms. The van der Waals surface area contributed by atoms with Gasteiger partial charge >= 0.3 is 0 Å². The molecule has 0 saturated carbocycles. The Hall–Kier alpha value is -1.02. The average Bonchev–Trinajstić information content (AvgIpc) is 2.92. The van der Waals surface area contributed by atoms with Gasteiger partial charge in [0, 0.05) is 17.7 Å². The third kappa shape index (κ3) is 11.6. The monoisotopic (exact) mass is 604 g/mol. The SMILES string of the molecule is Brc1ccc(CCOC2CCCCO2)cc1.CC(C)[SiH](c1ccc(CCOC2CCCCO2)cc1)C(C)C. The lowest BCUT2D eigenvalue weighted by molar-refractivity contribution is -0.161. The van der Waals surface area contributed by atoms with Gasteiger partial charge in [0.05, 0.1) is 22.0 Å². The first-order valence-electron chi connectivity index (χ1n) is 14.7. The van der Waals surface area contributed by atoms with E-state index in [9.17, 15) is 0 Å². The summed E-state index contributed by atoms with van der Waals surface area (Å²) < 4.78 is 23.7. The number of ether oxygens (including phenoxy) is 4. The van der Waals surface area contributed by atoms with Crippen molar-refractivity contribution in [1.82, 2.24) is 0 Å². The van der Waals surface area contributed by atoms with Gasteiger partial charge in [-0.1, -0.05) is 85.2 Å². The van der Waals surface area contributed by atoms with Crippen LogP contribution < -0.4 is 5.19 Å². The van der Waals surface area contributed by atoms with Crippen LogP contribution in [0.2, 0.25) is 11.1 Å². The molecule has 2 aromatic carbocycles. The molecular formula is C32H49BrO4Si. The minimum absolute atomic E-state index is 0.0317. The Bertz CT molecular complexity index is 867. The minimum atomic E-state index is -0.861. The minimum Gasteiger partial charge on any atom is -0.353 e. The van der Waals surface area contributed by atoms with Crippen LogP contribution in [0.15, 0.2) is 53.0 Å². The van der Waals surface area contributed by atoms with Crippen LogP contribution in [-0.2, 0) is 31.8 Å². The molecule has 2 atom stereocenters. The number of hydrogen-bond donors (Lipinski definition) is 0. The van der Waals surface area contributed by atoms with E-state index in [1.54, 1.807) is 5.19 Å². The van der Waals surface area contributed by atoms with Crippen LogP contribution in [0.25, 0.3) is 0 Å². The van der Waals surface area contributed by atoms with E-state index in [0.29, 0.717) is 0 Å². The highest BCUT2D eigenvalue weighted by atomic mass is 79.9. The fraction of sp³-hybridized carbons (Fsp3) is 0.625. The van der Waals surface area contributed by atoms with Gasteiger partial charge in [0.2, 0.25) is 0 Å². The maximum absolute atomic E-state index is 5.83. The lowest BCUT2D eigenvalue weighted by atomic mass is 10.1. The van der Waals surface area contributed by atoms with Crippen molar-refractivity contribution in [3.8, 4) is 0 Å². The predicted octanol–water partition coefficient (Wildman–Crippen LogP) is 7.56. The van der Waals surface area contributed by atoms with Crippen molar-refractivity contribution in [3.63, 3.8) is 0 Å². The quantitative estimate of drug-likeness (QED) is 0.248. The molecule has 2 aliphatic heterocycles. The molecule has 2 fully saturated rings. The van der Waals surface area contributed by atoms with Crippen LogP contribution in [0.4, 0.5) is 0 Å². The van der Waals surface area contributed by atoms with Gasteiger partial charge in [-0.2, -0.15) is 0 Å². The third-order valence-electron chi connectivity index (χ3n) is 7.38. The number of hydrogen-bond acceptors (Lipinski definition) is 4. The second-order valence-corrected chi connectivity index (χ2v) is 16.5. The van der Waals surface area contributed by atoms with Crippen molar-refractivity contribution in [1.29, 1.82) is 0 Å². The summed E-state index contributed by atoms with van der Waals surface area (Å²) in [4.78, 5) is 0. The summed E-state index contributed by atoms with van der Waals surface area (Å²) >= 11 is 3.42. The molecule has 0 spiro atoms. The van der Waals surface area contributed by atoms with E-state index in [1.165, 1.54) is 36.8 Å². The Morgan fingerprint density at radius 2 is 1.16 bits per heavy atom. The van der Waals surface area contributed by atoms with E-state index >= 15 is 0 Å². The van der Waals surface area contributed by atoms with E-state index in [1.807, 2.05) is 0 Å². The summed E-state index contributed by atoms with van der Waals surface area (Å²) in [6.45, 7) is 12.7. The lowest BCUT2D eigenvalue weighted by Gasteiger charge is -2.24. The van der Waals surface area contributed by atoms with E-state index in [2.05, 4.69) is 92.2 Å². The van der Waals surface area contributed by atoms with E-state index < -0.39 is 8.80 Å². The normalized spacial score (nSPS) is 20.0. The van der Waals surface area contributed by atoms with Gasteiger partial charge < -0.3 is 18.9 Å². The zero-order valence-corrected chi connectivity index (χ0v) is 26.7. The first-order valence-corrected chi connectivity index (χ1v) is 17.4. The molecule has 2 saturated heterocycles. The standard InChI is InChI=1S/C19H32O2Si.C13H17BrO2/c1-15(2)22(16(3)4)18-10-8-17(9-11-18)12-14-21-19-7-5-6-13-20-19;14-12-6-4-11(5-7-12)8-10-16-13-3-1-2-9-15-13/h8-11,15-16,19,22H,5-7,12-14H2,1-4H3;4-7,13H,1-3,8-10H2. The summed E-state index contributed by atoms with van der Waals surface area (Å²) in [5, 5.41) is 1.60. The number of halogens is 1. The van der Waals surface area contributed by atoms with Crippen LogP contribution in [0.3, 0.4) is 0 Å². The van der Waals surface area contributed by atoms with Crippen LogP contribution in [0.5, 0.6) is 0 Å². The Morgan fingerprint density at radius 1 is 0.711 bits per heavy atom. The number of rotatable bonds is 11. The highest BCUT2D eigenvalue weighted by Crippen LogP contribution is 2.20. The maximum atomic E-state index is 5.83. The summed E-state index contributed by atoms with van der Waals surface area (Å²) in [7, 11) is -0.861. The van der Waals surface area contributed by atoms with Crippen molar-refractivity contribution in [2.24, 2.45) is 0 Å². The van der Waals surface area contributed by atoms with Gasteiger partial charge in [0.25, 0.3) is 0 Å². The summed E-state index contributed by atoms with van der Waals surface area (Å²) in [6.07, 6.45) is 8.90.